The van der Waals surface area contributed by atoms with Crippen LogP contribution in [0.15, 0.2) is 24.3 Å². The van der Waals surface area contributed by atoms with Crippen LogP contribution in [0.25, 0.3) is 0 Å². The molecule has 0 radical (unpaired) electrons. The molecule has 0 unspecified atom stereocenters. The summed E-state index contributed by atoms with van der Waals surface area (Å²) in [5.41, 5.74) is 1.30. The van der Waals surface area contributed by atoms with Crippen molar-refractivity contribution in [1.29, 1.82) is 0 Å². The molecule has 0 fully saturated rings. The third kappa shape index (κ3) is 8.36. The molecule has 0 bridgehead atoms. The van der Waals surface area contributed by atoms with Gasteiger partial charge in [-0.15, -0.1) is 0 Å². The number of carboxylic acids is 1. The summed E-state index contributed by atoms with van der Waals surface area (Å²) in [5, 5.41) is 12.0. The number of carboxylic acid groups (broad SMARTS) is 1. The Morgan fingerprint density at radius 2 is 2.00 bits per heavy atom. The number of aryl methyl sites for hydroxylation is 1. The number of hydrogen-bond donors (Lipinski definition) is 2. The van der Waals surface area contributed by atoms with Gasteiger partial charge in [0.25, 0.3) is 0 Å². The van der Waals surface area contributed by atoms with Crippen molar-refractivity contribution >= 4 is 45.8 Å². The van der Waals surface area contributed by atoms with Crippen LogP contribution in [-0.4, -0.2) is 22.6 Å². The van der Waals surface area contributed by atoms with Gasteiger partial charge < -0.3 is 10.4 Å². The molecule has 116 valence electrons. The predicted octanol–water partition coefficient (Wildman–Crippen LogP) is 4.03. The summed E-state index contributed by atoms with van der Waals surface area (Å²) in [6, 6.07) is 8.49. The van der Waals surface area contributed by atoms with Crippen molar-refractivity contribution in [1.82, 2.24) is 5.32 Å². The van der Waals surface area contributed by atoms with Crippen molar-refractivity contribution in [2.24, 2.45) is 5.92 Å². The number of nitrogens with one attached hydrogen (secondary N) is 1. The topological polar surface area (TPSA) is 49.3 Å². The highest BCUT2D eigenvalue weighted by Gasteiger charge is 2.09. The summed E-state index contributed by atoms with van der Waals surface area (Å²) in [6.07, 6.45) is 4.42. The smallest absolute Gasteiger partial charge is 0.306 e. The van der Waals surface area contributed by atoms with E-state index in [-0.39, 0.29) is 5.92 Å². The zero-order valence-corrected chi connectivity index (χ0v) is 15.2. The van der Waals surface area contributed by atoms with Gasteiger partial charge in [0, 0.05) is 16.5 Å². The standard InChI is InChI=1S/C16H22INO2S/c1-12(16(19)20)4-2-3-11-18-15(21)10-7-13-5-8-14(17)9-6-13/h5-6,8-9,12H,2-4,7,10-11H2,1H3,(H,18,21)(H,19,20)/t12-/m0/s1. The average Bonchev–Trinajstić information content (AvgIpc) is 2.46. The van der Waals surface area contributed by atoms with Gasteiger partial charge in [-0.25, -0.2) is 0 Å². The molecule has 0 saturated carbocycles. The molecule has 0 aliphatic heterocycles. The first-order valence-corrected chi connectivity index (χ1v) is 8.71. The molecule has 21 heavy (non-hydrogen) atoms. The minimum absolute atomic E-state index is 0.252. The number of benzene rings is 1. The molecule has 0 saturated heterocycles. The summed E-state index contributed by atoms with van der Waals surface area (Å²) in [5.74, 6) is -0.964. The number of carbonyl (C=O) groups is 1. The molecule has 0 aliphatic carbocycles. The Balaban J connectivity index is 2.09. The van der Waals surface area contributed by atoms with Gasteiger partial charge in [-0.3, -0.25) is 4.79 Å². The summed E-state index contributed by atoms with van der Waals surface area (Å²) in [6.45, 7) is 2.58. The second-order valence-electron chi connectivity index (χ2n) is 5.21. The van der Waals surface area contributed by atoms with Crippen LogP contribution < -0.4 is 5.32 Å². The Morgan fingerprint density at radius 1 is 1.33 bits per heavy atom. The Labute approximate surface area is 145 Å². The fourth-order valence-corrected chi connectivity index (χ4v) is 2.49. The molecule has 1 aromatic carbocycles. The minimum atomic E-state index is -0.712. The predicted molar refractivity (Wildman–Crippen MR) is 98.7 cm³/mol. The van der Waals surface area contributed by atoms with Crippen molar-refractivity contribution in [3.8, 4) is 0 Å². The molecular formula is C16H22INO2S. The van der Waals surface area contributed by atoms with Crippen molar-refractivity contribution < 1.29 is 9.90 Å². The van der Waals surface area contributed by atoms with Crippen LogP contribution >= 0.6 is 34.8 Å². The first-order valence-electron chi connectivity index (χ1n) is 7.23. The molecule has 0 spiro atoms. The van der Waals surface area contributed by atoms with Crippen LogP contribution in [0.4, 0.5) is 0 Å². The van der Waals surface area contributed by atoms with Gasteiger partial charge >= 0.3 is 5.97 Å². The molecule has 0 aliphatic rings. The lowest BCUT2D eigenvalue weighted by atomic mass is 10.0. The van der Waals surface area contributed by atoms with Gasteiger partial charge in [0.05, 0.1) is 10.9 Å². The lowest BCUT2D eigenvalue weighted by Gasteiger charge is -2.09. The van der Waals surface area contributed by atoms with E-state index in [2.05, 4.69) is 52.2 Å². The van der Waals surface area contributed by atoms with Gasteiger partial charge in [0.1, 0.15) is 0 Å². The first kappa shape index (κ1) is 18.4. The summed E-state index contributed by atoms with van der Waals surface area (Å²) in [4.78, 5) is 11.6. The highest BCUT2D eigenvalue weighted by molar-refractivity contribution is 14.1. The molecule has 0 aromatic heterocycles. The van der Waals surface area contributed by atoms with Crippen LogP contribution in [0, 0.1) is 9.49 Å². The lowest BCUT2D eigenvalue weighted by molar-refractivity contribution is -0.141. The monoisotopic (exact) mass is 419 g/mol. The summed E-state index contributed by atoms with van der Waals surface area (Å²) >= 11 is 7.61. The van der Waals surface area contributed by atoms with E-state index < -0.39 is 5.97 Å². The Morgan fingerprint density at radius 3 is 2.62 bits per heavy atom. The van der Waals surface area contributed by atoms with E-state index in [1.54, 1.807) is 6.92 Å². The maximum absolute atomic E-state index is 10.7. The molecule has 2 N–H and O–H groups in total. The third-order valence-corrected chi connectivity index (χ3v) is 4.43. The Kier molecular flexibility index (Phi) is 8.84. The van der Waals surface area contributed by atoms with Gasteiger partial charge in [0.15, 0.2) is 0 Å². The molecule has 3 nitrogen and oxygen atoms in total. The number of aliphatic carboxylic acids is 1. The minimum Gasteiger partial charge on any atom is -0.481 e. The lowest BCUT2D eigenvalue weighted by Crippen LogP contribution is -2.23. The fourth-order valence-electron chi connectivity index (χ4n) is 1.92. The second kappa shape index (κ2) is 10.1. The van der Waals surface area contributed by atoms with Gasteiger partial charge in [-0.05, 0) is 59.5 Å². The first-order chi connectivity index (χ1) is 9.99. The zero-order valence-electron chi connectivity index (χ0n) is 12.3. The van der Waals surface area contributed by atoms with Gasteiger partial charge in [-0.1, -0.05) is 37.7 Å². The van der Waals surface area contributed by atoms with Crippen molar-refractivity contribution in [3.05, 3.63) is 33.4 Å². The normalized spacial score (nSPS) is 11.9. The number of unbranched alkanes of at least 4 members (excludes halogenated alkanes) is 1. The van der Waals surface area contributed by atoms with Crippen molar-refractivity contribution in [2.45, 2.75) is 39.0 Å². The molecule has 5 heteroatoms. The quantitative estimate of drug-likeness (QED) is 0.361. The Bertz CT molecular complexity index is 462. The van der Waals surface area contributed by atoms with E-state index in [1.165, 1.54) is 9.13 Å². The fraction of sp³-hybridized carbons (Fsp3) is 0.500. The van der Waals surface area contributed by atoms with E-state index in [0.29, 0.717) is 0 Å². The van der Waals surface area contributed by atoms with Crippen LogP contribution in [0.3, 0.4) is 0 Å². The highest BCUT2D eigenvalue weighted by atomic mass is 127. The maximum atomic E-state index is 10.7. The second-order valence-corrected chi connectivity index (χ2v) is 6.95. The summed E-state index contributed by atoms with van der Waals surface area (Å²) in [7, 11) is 0. The largest absolute Gasteiger partial charge is 0.481 e. The van der Waals surface area contributed by atoms with E-state index in [4.69, 9.17) is 17.3 Å². The molecule has 0 heterocycles. The molecule has 1 aromatic rings. The molecule has 0 amide bonds. The van der Waals surface area contributed by atoms with Crippen LogP contribution in [-0.2, 0) is 11.2 Å². The summed E-state index contributed by atoms with van der Waals surface area (Å²) < 4.78 is 1.24. The van der Waals surface area contributed by atoms with Crippen LogP contribution in [0.1, 0.15) is 38.2 Å². The number of hydrogen-bond acceptors (Lipinski definition) is 2. The van der Waals surface area contributed by atoms with Crippen LogP contribution in [0.2, 0.25) is 0 Å². The third-order valence-electron chi connectivity index (χ3n) is 3.36. The number of rotatable bonds is 9. The van der Waals surface area contributed by atoms with E-state index in [9.17, 15) is 4.79 Å². The molecule has 1 rings (SSSR count). The number of thiocarbonyl (C=S) groups is 1. The molecule has 1 atom stereocenters. The number of halogens is 1. The zero-order chi connectivity index (χ0) is 15.7. The SMILES string of the molecule is C[C@@H](CCCCNC(=S)CCc1ccc(I)cc1)C(=O)O. The highest BCUT2D eigenvalue weighted by Crippen LogP contribution is 2.09. The van der Waals surface area contributed by atoms with Crippen molar-refractivity contribution in [2.75, 3.05) is 6.54 Å². The van der Waals surface area contributed by atoms with E-state index in [0.717, 1.165) is 43.6 Å². The van der Waals surface area contributed by atoms with Gasteiger partial charge in [-0.2, -0.15) is 0 Å². The van der Waals surface area contributed by atoms with Crippen molar-refractivity contribution in [3.63, 3.8) is 0 Å². The average molecular weight is 419 g/mol. The van der Waals surface area contributed by atoms with E-state index in [1.807, 2.05) is 0 Å². The van der Waals surface area contributed by atoms with E-state index >= 15 is 0 Å². The Hall–Kier alpha value is -0.690. The van der Waals surface area contributed by atoms with Gasteiger partial charge in [0.2, 0.25) is 0 Å². The van der Waals surface area contributed by atoms with Crippen LogP contribution in [0.5, 0.6) is 0 Å². The molecular weight excluding hydrogens is 397 g/mol. The maximum Gasteiger partial charge on any atom is 0.306 e.